The van der Waals surface area contributed by atoms with Crippen LogP contribution in [0.2, 0.25) is 0 Å². The van der Waals surface area contributed by atoms with Crippen LogP contribution < -0.4 is 0 Å². The first-order chi connectivity index (χ1) is 7.97. The van der Waals surface area contributed by atoms with Crippen LogP contribution in [0.25, 0.3) is 0 Å². The molecule has 0 spiro atoms. The van der Waals surface area contributed by atoms with Crippen molar-refractivity contribution in [2.24, 2.45) is 0 Å². The van der Waals surface area contributed by atoms with E-state index in [-0.39, 0.29) is 12.1 Å². The van der Waals surface area contributed by atoms with Crippen LogP contribution in [0.15, 0.2) is 18.2 Å². The number of halogens is 2. The third-order valence-corrected chi connectivity index (χ3v) is 3.07. The molecule has 92 valence electrons. The topological polar surface area (TPSA) is 57.6 Å². The molecule has 6 heteroatoms. The van der Waals surface area contributed by atoms with Gasteiger partial charge in [0, 0.05) is 10.1 Å². The summed E-state index contributed by atoms with van der Waals surface area (Å²) in [5, 5.41) is 8.66. The van der Waals surface area contributed by atoms with E-state index in [1.165, 1.54) is 12.1 Å². The van der Waals surface area contributed by atoms with Gasteiger partial charge < -0.3 is 10.0 Å². The fourth-order valence-electron chi connectivity index (χ4n) is 1.35. The molecule has 0 saturated carbocycles. The zero-order valence-electron chi connectivity index (χ0n) is 9.11. The summed E-state index contributed by atoms with van der Waals surface area (Å²) in [6.45, 7) is 1.43. The minimum absolute atomic E-state index is 0.0730. The molecule has 1 N–H and O–H groups in total. The molecule has 1 aromatic carbocycles. The van der Waals surface area contributed by atoms with E-state index < -0.39 is 24.2 Å². The quantitative estimate of drug-likeness (QED) is 0.844. The predicted molar refractivity (Wildman–Crippen MR) is 68.3 cm³/mol. The maximum Gasteiger partial charge on any atom is 0.323 e. The van der Waals surface area contributed by atoms with Gasteiger partial charge in [-0.2, -0.15) is 0 Å². The van der Waals surface area contributed by atoms with Crippen molar-refractivity contribution in [3.63, 3.8) is 0 Å². The summed E-state index contributed by atoms with van der Waals surface area (Å²) in [6.07, 6.45) is 0. The number of hydrogen-bond donors (Lipinski definition) is 1. The van der Waals surface area contributed by atoms with E-state index >= 15 is 0 Å². The zero-order valence-corrected chi connectivity index (χ0v) is 11.3. The minimum Gasteiger partial charge on any atom is -0.480 e. The Kier molecular flexibility index (Phi) is 4.86. The van der Waals surface area contributed by atoms with Crippen LogP contribution in [-0.4, -0.2) is 35.0 Å². The summed E-state index contributed by atoms with van der Waals surface area (Å²) in [6, 6.07) is 4.29. The molecule has 0 fully saturated rings. The van der Waals surface area contributed by atoms with Crippen molar-refractivity contribution >= 4 is 34.5 Å². The van der Waals surface area contributed by atoms with Gasteiger partial charge in [-0.25, -0.2) is 4.39 Å². The van der Waals surface area contributed by atoms with Crippen molar-refractivity contribution in [2.75, 3.05) is 13.1 Å². The fraction of sp³-hybridized carbons (Fsp3) is 0.273. The Morgan fingerprint density at radius 2 is 2.12 bits per heavy atom. The van der Waals surface area contributed by atoms with Gasteiger partial charge in [0.25, 0.3) is 5.91 Å². The molecule has 0 aliphatic heterocycles. The second kappa shape index (κ2) is 5.95. The molecular formula is C11H11FINO3. The lowest BCUT2D eigenvalue weighted by Gasteiger charge is -2.19. The van der Waals surface area contributed by atoms with Crippen LogP contribution in [0.3, 0.4) is 0 Å². The smallest absolute Gasteiger partial charge is 0.323 e. The van der Waals surface area contributed by atoms with Crippen LogP contribution in [0.5, 0.6) is 0 Å². The number of carboxylic acids is 1. The molecule has 0 heterocycles. The molecule has 0 aliphatic carbocycles. The number of amides is 1. The van der Waals surface area contributed by atoms with Crippen molar-refractivity contribution in [3.8, 4) is 0 Å². The van der Waals surface area contributed by atoms with Crippen molar-refractivity contribution in [1.82, 2.24) is 4.90 Å². The van der Waals surface area contributed by atoms with Gasteiger partial charge in [0.1, 0.15) is 12.4 Å². The van der Waals surface area contributed by atoms with Gasteiger partial charge in [0.2, 0.25) is 0 Å². The third-order valence-electron chi connectivity index (χ3n) is 2.17. The highest BCUT2D eigenvalue weighted by atomic mass is 127. The molecule has 0 aromatic heterocycles. The Bertz CT molecular complexity index is 430. The van der Waals surface area contributed by atoms with Gasteiger partial charge in [-0.05, 0) is 41.6 Å². The SMILES string of the molecule is CCN(CC(=O)O)C(=O)c1c(F)cccc1I. The molecule has 0 atom stereocenters. The number of carbonyl (C=O) groups excluding carboxylic acids is 1. The predicted octanol–water partition coefficient (Wildman–Crippen LogP) is 1.98. The number of carboxylic acid groups (broad SMARTS) is 1. The van der Waals surface area contributed by atoms with E-state index in [9.17, 15) is 14.0 Å². The number of nitrogens with zero attached hydrogens (tertiary/aromatic N) is 1. The average molecular weight is 351 g/mol. The van der Waals surface area contributed by atoms with E-state index in [2.05, 4.69) is 0 Å². The number of hydrogen-bond acceptors (Lipinski definition) is 2. The Labute approximate surface area is 112 Å². The maximum atomic E-state index is 13.5. The second-order valence-electron chi connectivity index (χ2n) is 3.31. The highest BCUT2D eigenvalue weighted by molar-refractivity contribution is 14.1. The summed E-state index contributed by atoms with van der Waals surface area (Å²) in [5.41, 5.74) is -0.0730. The van der Waals surface area contributed by atoms with Crippen molar-refractivity contribution < 1.29 is 19.1 Å². The molecule has 0 aliphatic rings. The molecule has 1 aromatic rings. The van der Waals surface area contributed by atoms with Gasteiger partial charge in [0.15, 0.2) is 0 Å². The van der Waals surface area contributed by atoms with Crippen LogP contribution in [0.1, 0.15) is 17.3 Å². The molecule has 4 nitrogen and oxygen atoms in total. The van der Waals surface area contributed by atoms with Crippen LogP contribution in [-0.2, 0) is 4.79 Å². The van der Waals surface area contributed by atoms with E-state index in [4.69, 9.17) is 5.11 Å². The van der Waals surface area contributed by atoms with E-state index in [1.807, 2.05) is 22.6 Å². The lowest BCUT2D eigenvalue weighted by molar-refractivity contribution is -0.137. The Hall–Kier alpha value is -1.18. The fourth-order valence-corrected chi connectivity index (χ4v) is 2.05. The zero-order chi connectivity index (χ0) is 13.0. The number of carbonyl (C=O) groups is 2. The molecular weight excluding hydrogens is 340 g/mol. The van der Waals surface area contributed by atoms with Crippen molar-refractivity contribution in [1.29, 1.82) is 0 Å². The lowest BCUT2D eigenvalue weighted by atomic mass is 10.2. The number of rotatable bonds is 4. The largest absolute Gasteiger partial charge is 0.480 e. The first-order valence-corrected chi connectivity index (χ1v) is 6.00. The van der Waals surface area contributed by atoms with E-state index in [0.717, 1.165) is 4.90 Å². The molecule has 1 rings (SSSR count). The van der Waals surface area contributed by atoms with Crippen LogP contribution in [0, 0.1) is 9.39 Å². The minimum atomic E-state index is -1.12. The van der Waals surface area contributed by atoms with Gasteiger partial charge in [0.05, 0.1) is 5.56 Å². The molecule has 17 heavy (non-hydrogen) atoms. The first kappa shape index (κ1) is 13.9. The molecule has 0 bridgehead atoms. The number of benzene rings is 1. The Balaban J connectivity index is 3.06. The normalized spacial score (nSPS) is 10.1. The van der Waals surface area contributed by atoms with Gasteiger partial charge in [-0.15, -0.1) is 0 Å². The third kappa shape index (κ3) is 3.39. The number of aliphatic carboxylic acids is 1. The highest BCUT2D eigenvalue weighted by Crippen LogP contribution is 2.17. The maximum absolute atomic E-state index is 13.5. The summed E-state index contributed by atoms with van der Waals surface area (Å²) >= 11 is 1.85. The molecule has 0 radical (unpaired) electrons. The van der Waals surface area contributed by atoms with E-state index in [0.29, 0.717) is 3.57 Å². The summed E-state index contributed by atoms with van der Waals surface area (Å²) in [7, 11) is 0. The Morgan fingerprint density at radius 1 is 1.47 bits per heavy atom. The van der Waals surface area contributed by atoms with E-state index in [1.54, 1.807) is 13.0 Å². The summed E-state index contributed by atoms with van der Waals surface area (Å²) in [5.74, 6) is -2.35. The van der Waals surface area contributed by atoms with Crippen molar-refractivity contribution in [3.05, 3.63) is 33.1 Å². The lowest BCUT2D eigenvalue weighted by Crippen LogP contribution is -2.36. The average Bonchev–Trinajstić information content (AvgIpc) is 2.25. The summed E-state index contributed by atoms with van der Waals surface area (Å²) < 4.78 is 14.0. The summed E-state index contributed by atoms with van der Waals surface area (Å²) in [4.78, 5) is 23.6. The standard InChI is InChI=1S/C11H11FINO3/c1-2-14(6-9(15)16)11(17)10-7(12)4-3-5-8(10)13/h3-5H,2,6H2,1H3,(H,15,16). The molecule has 1 amide bonds. The molecule has 0 saturated heterocycles. The Morgan fingerprint density at radius 3 is 2.59 bits per heavy atom. The number of likely N-dealkylation sites (N-methyl/N-ethyl adjacent to an activating group) is 1. The van der Waals surface area contributed by atoms with Crippen LogP contribution in [0.4, 0.5) is 4.39 Å². The first-order valence-electron chi connectivity index (χ1n) is 4.92. The van der Waals surface area contributed by atoms with Gasteiger partial charge in [-0.3, -0.25) is 9.59 Å². The van der Waals surface area contributed by atoms with Crippen molar-refractivity contribution in [2.45, 2.75) is 6.92 Å². The second-order valence-corrected chi connectivity index (χ2v) is 4.47. The van der Waals surface area contributed by atoms with Gasteiger partial charge in [-0.1, -0.05) is 6.07 Å². The monoisotopic (exact) mass is 351 g/mol. The van der Waals surface area contributed by atoms with Crippen LogP contribution >= 0.6 is 22.6 Å². The molecule has 0 unspecified atom stereocenters. The highest BCUT2D eigenvalue weighted by Gasteiger charge is 2.22. The van der Waals surface area contributed by atoms with Gasteiger partial charge >= 0.3 is 5.97 Å².